The first-order valence-corrected chi connectivity index (χ1v) is 7.33. The third kappa shape index (κ3) is 10.3. The van der Waals surface area contributed by atoms with Crippen molar-refractivity contribution in [3.8, 4) is 0 Å². The van der Waals surface area contributed by atoms with Crippen molar-refractivity contribution < 1.29 is 9.63 Å². The molecule has 0 fully saturated rings. The fourth-order valence-electron chi connectivity index (χ4n) is 1.80. The number of hydrogen-bond acceptors (Lipinski definition) is 3. The lowest BCUT2D eigenvalue weighted by Crippen LogP contribution is -2.28. The molecule has 18 heavy (non-hydrogen) atoms. The number of hydroxylamine groups is 2. The van der Waals surface area contributed by atoms with Gasteiger partial charge in [0.05, 0.1) is 0 Å². The molecule has 0 aromatic carbocycles. The van der Waals surface area contributed by atoms with Gasteiger partial charge in [0.1, 0.15) is 0 Å². The van der Waals surface area contributed by atoms with E-state index in [1.807, 2.05) is 0 Å². The zero-order valence-corrected chi connectivity index (χ0v) is 12.1. The Bertz CT molecular complexity index is 205. The van der Waals surface area contributed by atoms with E-state index in [0.717, 1.165) is 25.9 Å². The fraction of sp³-hybridized carbons (Fsp3) is 0.800. The molecule has 0 aliphatic heterocycles. The van der Waals surface area contributed by atoms with Crippen molar-refractivity contribution in [2.24, 2.45) is 0 Å². The zero-order valence-electron chi connectivity index (χ0n) is 12.1. The molecule has 3 nitrogen and oxygen atoms in total. The van der Waals surface area contributed by atoms with Crippen LogP contribution in [0.4, 0.5) is 0 Å². The highest BCUT2D eigenvalue weighted by Crippen LogP contribution is 2.06. The predicted octanol–water partition coefficient (Wildman–Crippen LogP) is 4.09. The Balaban J connectivity index is 3.84. The Morgan fingerprint density at radius 3 is 1.89 bits per heavy atom. The smallest absolute Gasteiger partial charge is 0.349 e. The van der Waals surface area contributed by atoms with Crippen LogP contribution in [0.25, 0.3) is 0 Å². The van der Waals surface area contributed by atoms with E-state index >= 15 is 0 Å². The van der Waals surface area contributed by atoms with E-state index in [4.69, 9.17) is 4.84 Å². The first-order chi connectivity index (χ1) is 8.74. The third-order valence-corrected chi connectivity index (χ3v) is 2.91. The van der Waals surface area contributed by atoms with Crippen LogP contribution < -0.4 is 0 Å². The van der Waals surface area contributed by atoms with Crippen LogP contribution in [0.15, 0.2) is 12.7 Å². The van der Waals surface area contributed by atoms with E-state index in [9.17, 15) is 4.79 Å². The molecule has 0 radical (unpaired) electrons. The number of hydrogen-bond donors (Lipinski definition) is 0. The number of carbonyl (C=O) groups excluding carboxylic acids is 1. The SMILES string of the molecule is C=CC(=O)ON(CCCCCC)CCCCCC. The Morgan fingerprint density at radius 2 is 1.50 bits per heavy atom. The van der Waals surface area contributed by atoms with Crippen LogP contribution in [0.2, 0.25) is 0 Å². The molecular weight excluding hydrogens is 226 g/mol. The summed E-state index contributed by atoms with van der Waals surface area (Å²) in [5.41, 5.74) is 0. The highest BCUT2D eigenvalue weighted by molar-refractivity contribution is 5.80. The summed E-state index contributed by atoms with van der Waals surface area (Å²) < 4.78 is 0. The van der Waals surface area contributed by atoms with E-state index in [1.165, 1.54) is 44.6 Å². The Kier molecular flexibility index (Phi) is 12.0. The van der Waals surface area contributed by atoms with Gasteiger partial charge in [-0.2, -0.15) is 0 Å². The van der Waals surface area contributed by atoms with Gasteiger partial charge in [-0.25, -0.2) is 4.79 Å². The molecule has 0 bridgehead atoms. The quantitative estimate of drug-likeness (QED) is 0.299. The summed E-state index contributed by atoms with van der Waals surface area (Å²) in [4.78, 5) is 16.5. The molecule has 0 aromatic rings. The van der Waals surface area contributed by atoms with E-state index in [0.29, 0.717) is 0 Å². The van der Waals surface area contributed by atoms with Crippen LogP contribution in [0.3, 0.4) is 0 Å². The number of rotatable bonds is 12. The van der Waals surface area contributed by atoms with Crippen molar-refractivity contribution in [3.63, 3.8) is 0 Å². The molecular formula is C15H29NO2. The lowest BCUT2D eigenvalue weighted by Gasteiger charge is -2.20. The number of carbonyl (C=O) groups is 1. The first kappa shape index (κ1) is 17.2. The predicted molar refractivity (Wildman–Crippen MR) is 76.1 cm³/mol. The van der Waals surface area contributed by atoms with Crippen LogP contribution in [0, 0.1) is 0 Å². The van der Waals surface area contributed by atoms with Crippen LogP contribution in [0.5, 0.6) is 0 Å². The van der Waals surface area contributed by atoms with E-state index < -0.39 is 0 Å². The summed E-state index contributed by atoms with van der Waals surface area (Å²) in [7, 11) is 0. The number of unbranched alkanes of at least 4 members (excludes halogenated alkanes) is 6. The van der Waals surface area contributed by atoms with Crippen LogP contribution >= 0.6 is 0 Å². The van der Waals surface area contributed by atoms with Gasteiger partial charge < -0.3 is 4.84 Å². The molecule has 0 rings (SSSR count). The van der Waals surface area contributed by atoms with Crippen molar-refractivity contribution in [2.75, 3.05) is 13.1 Å². The molecule has 0 unspecified atom stereocenters. The van der Waals surface area contributed by atoms with Crippen molar-refractivity contribution in [1.82, 2.24) is 5.06 Å². The summed E-state index contributed by atoms with van der Waals surface area (Å²) in [6, 6.07) is 0. The van der Waals surface area contributed by atoms with Gasteiger partial charge >= 0.3 is 5.97 Å². The maximum absolute atomic E-state index is 11.2. The highest BCUT2D eigenvalue weighted by Gasteiger charge is 2.08. The Labute approximate surface area is 112 Å². The van der Waals surface area contributed by atoms with Crippen molar-refractivity contribution >= 4 is 5.97 Å². The molecule has 3 heteroatoms. The second-order valence-corrected chi connectivity index (χ2v) is 4.66. The molecule has 0 N–H and O–H groups in total. The van der Waals surface area contributed by atoms with Crippen molar-refractivity contribution in [2.45, 2.75) is 65.2 Å². The summed E-state index contributed by atoms with van der Waals surface area (Å²) in [5.74, 6) is -0.346. The summed E-state index contributed by atoms with van der Waals surface area (Å²) in [6.07, 6.45) is 10.8. The van der Waals surface area contributed by atoms with Gasteiger partial charge in [-0.1, -0.05) is 59.0 Å². The topological polar surface area (TPSA) is 29.5 Å². The summed E-state index contributed by atoms with van der Waals surface area (Å²) in [5, 5.41) is 1.80. The van der Waals surface area contributed by atoms with E-state index in [-0.39, 0.29) is 5.97 Å². The Morgan fingerprint density at radius 1 is 1.00 bits per heavy atom. The second-order valence-electron chi connectivity index (χ2n) is 4.66. The maximum atomic E-state index is 11.2. The first-order valence-electron chi connectivity index (χ1n) is 7.33. The average Bonchev–Trinajstić information content (AvgIpc) is 2.39. The second kappa shape index (κ2) is 12.6. The monoisotopic (exact) mass is 255 g/mol. The molecule has 0 saturated heterocycles. The Hall–Kier alpha value is -0.830. The average molecular weight is 255 g/mol. The normalized spacial score (nSPS) is 10.6. The van der Waals surface area contributed by atoms with Gasteiger partial charge in [0.25, 0.3) is 0 Å². The molecule has 0 aromatic heterocycles. The van der Waals surface area contributed by atoms with Gasteiger partial charge in [0, 0.05) is 19.2 Å². The summed E-state index contributed by atoms with van der Waals surface area (Å²) in [6.45, 7) is 9.50. The van der Waals surface area contributed by atoms with E-state index in [2.05, 4.69) is 20.4 Å². The van der Waals surface area contributed by atoms with Crippen LogP contribution in [-0.2, 0) is 9.63 Å². The minimum Gasteiger partial charge on any atom is -0.364 e. The number of nitrogens with zero attached hydrogens (tertiary/aromatic N) is 1. The van der Waals surface area contributed by atoms with Crippen LogP contribution in [0.1, 0.15) is 65.2 Å². The lowest BCUT2D eigenvalue weighted by molar-refractivity contribution is -0.184. The van der Waals surface area contributed by atoms with Gasteiger partial charge in [-0.15, -0.1) is 5.06 Å². The van der Waals surface area contributed by atoms with E-state index in [1.54, 1.807) is 5.06 Å². The van der Waals surface area contributed by atoms with Gasteiger partial charge in [0.2, 0.25) is 0 Å². The third-order valence-electron chi connectivity index (χ3n) is 2.91. The molecule has 0 amide bonds. The molecule has 0 heterocycles. The largest absolute Gasteiger partial charge is 0.364 e. The minimum atomic E-state index is -0.346. The molecule has 0 atom stereocenters. The lowest BCUT2D eigenvalue weighted by atomic mass is 10.2. The molecule has 106 valence electrons. The van der Waals surface area contributed by atoms with Gasteiger partial charge in [-0.05, 0) is 12.8 Å². The van der Waals surface area contributed by atoms with Crippen molar-refractivity contribution in [3.05, 3.63) is 12.7 Å². The molecule has 0 aliphatic rings. The van der Waals surface area contributed by atoms with Crippen LogP contribution in [-0.4, -0.2) is 24.1 Å². The highest BCUT2D eigenvalue weighted by atomic mass is 16.7. The van der Waals surface area contributed by atoms with Gasteiger partial charge in [-0.3, -0.25) is 0 Å². The maximum Gasteiger partial charge on any atom is 0.349 e. The summed E-state index contributed by atoms with van der Waals surface area (Å²) >= 11 is 0. The molecule has 0 spiro atoms. The zero-order chi connectivity index (χ0) is 13.6. The van der Waals surface area contributed by atoms with Crippen molar-refractivity contribution in [1.29, 1.82) is 0 Å². The standard InChI is InChI=1S/C15H29NO2/c1-4-7-9-11-13-16(18-15(17)6-3)14-12-10-8-5-2/h6H,3-5,7-14H2,1-2H3. The van der Waals surface area contributed by atoms with Gasteiger partial charge in [0.15, 0.2) is 0 Å². The fourth-order valence-corrected chi connectivity index (χ4v) is 1.80. The minimum absolute atomic E-state index is 0.346. The molecule has 0 aliphatic carbocycles. The molecule has 0 saturated carbocycles.